The lowest BCUT2D eigenvalue weighted by Gasteiger charge is -2.10. The van der Waals surface area contributed by atoms with E-state index in [9.17, 15) is 0 Å². The fraction of sp³-hybridized carbons (Fsp3) is 0. The summed E-state index contributed by atoms with van der Waals surface area (Å²) in [5.41, 5.74) is 13.1. The second kappa shape index (κ2) is 12.6. The van der Waals surface area contributed by atoms with Crippen LogP contribution < -0.4 is 0 Å². The maximum Gasteiger partial charge on any atom is 0.248 e. The molecule has 0 atom stereocenters. The molecule has 0 unspecified atom stereocenters. The Hall–Kier alpha value is -7.50. The Kier molecular flexibility index (Phi) is 7.10. The normalized spacial score (nSPS) is 11.6. The number of rotatable bonds is 6. The first kappa shape index (κ1) is 31.1. The second-order valence-electron chi connectivity index (χ2n) is 13.9. The van der Waals surface area contributed by atoms with Gasteiger partial charge in [0, 0.05) is 44.0 Å². The van der Waals surface area contributed by atoms with Gasteiger partial charge in [-0.3, -0.25) is 0 Å². The lowest BCUT2D eigenvalue weighted by atomic mass is 10.1. The molecule has 8 aromatic carbocycles. The minimum Gasteiger partial charge on any atom is -0.416 e. The molecule has 0 saturated carbocycles. The Balaban J connectivity index is 1.00. The van der Waals surface area contributed by atoms with Gasteiger partial charge in [-0.05, 0) is 89.0 Å². The largest absolute Gasteiger partial charge is 0.416 e. The van der Waals surface area contributed by atoms with Crippen molar-refractivity contribution in [1.29, 1.82) is 0 Å². The number of fused-ring (bicyclic) bond motifs is 6. The van der Waals surface area contributed by atoms with Gasteiger partial charge in [-0.15, -0.1) is 10.2 Å². The van der Waals surface area contributed by atoms with Crippen molar-refractivity contribution >= 4 is 43.6 Å². The smallest absolute Gasteiger partial charge is 0.248 e. The van der Waals surface area contributed by atoms with Gasteiger partial charge in [-0.2, -0.15) is 0 Å². The molecule has 0 radical (unpaired) electrons. The van der Waals surface area contributed by atoms with Crippen molar-refractivity contribution < 1.29 is 4.42 Å². The van der Waals surface area contributed by atoms with Crippen LogP contribution in [0.2, 0.25) is 0 Å². The van der Waals surface area contributed by atoms with Crippen molar-refractivity contribution in [3.63, 3.8) is 0 Å². The van der Waals surface area contributed by atoms with Gasteiger partial charge < -0.3 is 13.6 Å². The molecule has 0 spiro atoms. The molecule has 0 fully saturated rings. The molecule has 3 heterocycles. The molecule has 0 N–H and O–H groups in total. The highest BCUT2D eigenvalue weighted by atomic mass is 16.4. The van der Waals surface area contributed by atoms with E-state index >= 15 is 0 Å². The minimum absolute atomic E-state index is 0.479. The van der Waals surface area contributed by atoms with Crippen molar-refractivity contribution in [3.8, 4) is 56.5 Å². The van der Waals surface area contributed by atoms with E-state index in [1.807, 2.05) is 0 Å². The van der Waals surface area contributed by atoms with Crippen LogP contribution in [0.1, 0.15) is 0 Å². The molecule has 0 aliphatic rings. The number of hydrogen-bond acceptors (Lipinski definition) is 3. The average molecular weight is 705 g/mol. The molecule has 55 heavy (non-hydrogen) atoms. The van der Waals surface area contributed by atoms with Crippen molar-refractivity contribution in [3.05, 3.63) is 194 Å². The van der Waals surface area contributed by atoms with Crippen LogP contribution in [0.5, 0.6) is 0 Å². The Morgan fingerprint density at radius 2 is 0.745 bits per heavy atom. The molecule has 0 bridgehead atoms. The summed E-state index contributed by atoms with van der Waals surface area (Å²) in [5.74, 6) is 0.961. The van der Waals surface area contributed by atoms with E-state index in [1.54, 1.807) is 0 Å². The van der Waals surface area contributed by atoms with Crippen molar-refractivity contribution in [2.75, 3.05) is 0 Å². The minimum atomic E-state index is 0.479. The van der Waals surface area contributed by atoms with Gasteiger partial charge in [0.05, 0.1) is 22.1 Å². The highest BCUT2D eigenvalue weighted by Gasteiger charge is 2.19. The summed E-state index contributed by atoms with van der Waals surface area (Å²) in [4.78, 5) is 0. The zero-order valence-electron chi connectivity index (χ0n) is 29.7. The average Bonchev–Trinajstić information content (AvgIpc) is 3.97. The van der Waals surface area contributed by atoms with Crippen LogP contribution in [0, 0.1) is 0 Å². The van der Waals surface area contributed by atoms with Gasteiger partial charge in [0.15, 0.2) is 0 Å². The number of benzene rings is 8. The molecule has 3 aromatic heterocycles. The fourth-order valence-electron chi connectivity index (χ4n) is 8.13. The molecular formula is C50H32N4O. The highest BCUT2D eigenvalue weighted by molar-refractivity contribution is 6.11. The van der Waals surface area contributed by atoms with Gasteiger partial charge in [0.1, 0.15) is 0 Å². The predicted octanol–water partition coefficient (Wildman–Crippen LogP) is 12.9. The number of nitrogens with zero attached hydrogens (tertiary/aromatic N) is 4. The summed E-state index contributed by atoms with van der Waals surface area (Å²) in [7, 11) is 0. The lowest BCUT2D eigenvalue weighted by Crippen LogP contribution is -1.94. The SMILES string of the molecule is c1ccc(-c2cccc(-n3c4ccccc4c4cc(-c5nnc(-c6ccc7c8ccccc8n(-c8cccc(-c9ccccc9)c8)c7c6)o5)ccc43)c2)cc1. The Bertz CT molecular complexity index is 3210. The topological polar surface area (TPSA) is 48.8 Å². The summed E-state index contributed by atoms with van der Waals surface area (Å²) in [6.45, 7) is 0. The van der Waals surface area contributed by atoms with Crippen molar-refractivity contribution in [2.45, 2.75) is 0 Å². The highest BCUT2D eigenvalue weighted by Crippen LogP contribution is 2.38. The first-order valence-electron chi connectivity index (χ1n) is 18.5. The number of hydrogen-bond donors (Lipinski definition) is 0. The Morgan fingerprint density at radius 3 is 1.36 bits per heavy atom. The van der Waals surface area contributed by atoms with Crippen LogP contribution in [-0.2, 0) is 0 Å². The molecular weight excluding hydrogens is 673 g/mol. The van der Waals surface area contributed by atoms with Gasteiger partial charge in [0.2, 0.25) is 11.8 Å². The molecule has 11 rings (SSSR count). The van der Waals surface area contributed by atoms with E-state index in [1.165, 1.54) is 38.4 Å². The zero-order chi connectivity index (χ0) is 36.3. The molecule has 258 valence electrons. The third kappa shape index (κ3) is 5.17. The summed E-state index contributed by atoms with van der Waals surface area (Å²) in [6.07, 6.45) is 0. The Labute approximate surface area is 317 Å². The third-order valence-electron chi connectivity index (χ3n) is 10.7. The van der Waals surface area contributed by atoms with Crippen LogP contribution >= 0.6 is 0 Å². The maximum absolute atomic E-state index is 6.48. The standard InChI is InChI=1S/C50H32N4O/c1-3-13-33(14-4-1)35-17-11-19-39(29-35)53-46-24-10-8-22-42(46)44-31-37(26-28-47(44)53)49-51-52-50(55-49)38-25-27-43-41-21-7-9-23-45(41)54(48(43)32-38)40-20-12-18-36(30-40)34-15-5-2-6-16-34/h1-32H. The molecule has 11 aromatic rings. The molecule has 5 nitrogen and oxygen atoms in total. The predicted molar refractivity (Wildman–Crippen MR) is 225 cm³/mol. The lowest BCUT2D eigenvalue weighted by molar-refractivity contribution is 0.585. The van der Waals surface area contributed by atoms with Gasteiger partial charge in [-0.25, -0.2) is 0 Å². The molecule has 5 heteroatoms. The van der Waals surface area contributed by atoms with Crippen LogP contribution in [0.3, 0.4) is 0 Å². The summed E-state index contributed by atoms with van der Waals surface area (Å²) >= 11 is 0. The summed E-state index contributed by atoms with van der Waals surface area (Å²) in [6, 6.07) is 68.4. The number of aromatic nitrogens is 4. The first-order valence-corrected chi connectivity index (χ1v) is 18.5. The van der Waals surface area contributed by atoms with E-state index in [2.05, 4.69) is 213 Å². The summed E-state index contributed by atoms with van der Waals surface area (Å²) in [5, 5.41) is 13.8. The van der Waals surface area contributed by atoms with E-state index in [-0.39, 0.29) is 0 Å². The van der Waals surface area contributed by atoms with E-state index in [0.717, 1.165) is 50.0 Å². The molecule has 0 aliphatic heterocycles. The number of para-hydroxylation sites is 2. The monoisotopic (exact) mass is 704 g/mol. The Morgan fingerprint density at radius 1 is 0.291 bits per heavy atom. The van der Waals surface area contributed by atoms with Gasteiger partial charge >= 0.3 is 0 Å². The van der Waals surface area contributed by atoms with Crippen LogP contribution in [0.4, 0.5) is 0 Å². The fourth-order valence-corrected chi connectivity index (χ4v) is 8.13. The third-order valence-corrected chi connectivity index (χ3v) is 10.7. The van der Waals surface area contributed by atoms with Gasteiger partial charge in [-0.1, -0.05) is 127 Å². The van der Waals surface area contributed by atoms with E-state index in [0.29, 0.717) is 11.8 Å². The van der Waals surface area contributed by atoms with Crippen LogP contribution in [-0.4, -0.2) is 19.3 Å². The second-order valence-corrected chi connectivity index (χ2v) is 13.9. The van der Waals surface area contributed by atoms with Crippen LogP contribution in [0.25, 0.3) is 100 Å². The molecule has 0 aliphatic carbocycles. The summed E-state index contributed by atoms with van der Waals surface area (Å²) < 4.78 is 11.1. The quantitative estimate of drug-likeness (QED) is 0.173. The van der Waals surface area contributed by atoms with Crippen molar-refractivity contribution in [1.82, 2.24) is 19.3 Å². The zero-order valence-corrected chi connectivity index (χ0v) is 29.7. The van der Waals surface area contributed by atoms with E-state index < -0.39 is 0 Å². The van der Waals surface area contributed by atoms with Crippen LogP contribution in [0.15, 0.2) is 199 Å². The van der Waals surface area contributed by atoms with Crippen molar-refractivity contribution in [2.24, 2.45) is 0 Å². The maximum atomic E-state index is 6.48. The molecule has 0 saturated heterocycles. The van der Waals surface area contributed by atoms with Gasteiger partial charge in [0.25, 0.3) is 0 Å². The first-order chi connectivity index (χ1) is 27.3. The molecule has 0 amide bonds. The van der Waals surface area contributed by atoms with E-state index in [4.69, 9.17) is 4.42 Å².